The Kier molecular flexibility index (Phi) is 2.63. The molecule has 1 heterocycles. The minimum atomic E-state index is -0.109. The van der Waals surface area contributed by atoms with Crippen LogP contribution in [0, 0.1) is 5.82 Å². The predicted molar refractivity (Wildman–Crippen MR) is 67.4 cm³/mol. The molecule has 0 aliphatic heterocycles. The van der Waals surface area contributed by atoms with Crippen LogP contribution in [-0.2, 0) is 13.1 Å². The van der Waals surface area contributed by atoms with Crippen molar-refractivity contribution in [3.63, 3.8) is 0 Å². The van der Waals surface area contributed by atoms with Crippen LogP contribution in [0.4, 0.5) is 4.39 Å². The van der Waals surface area contributed by atoms with Crippen molar-refractivity contribution < 1.29 is 4.39 Å². The van der Waals surface area contributed by atoms with E-state index in [-0.39, 0.29) is 5.82 Å². The molecule has 17 heavy (non-hydrogen) atoms. The Morgan fingerprint density at radius 2 is 2.24 bits per heavy atom. The fourth-order valence-electron chi connectivity index (χ4n) is 2.33. The van der Waals surface area contributed by atoms with Crippen LogP contribution in [0.3, 0.4) is 0 Å². The summed E-state index contributed by atoms with van der Waals surface area (Å²) >= 11 is 0. The fourth-order valence-corrected chi connectivity index (χ4v) is 2.33. The largest absolute Gasteiger partial charge is 0.347 e. The maximum Gasteiger partial charge on any atom is 0.132 e. The number of nitrogens with zero attached hydrogens (tertiary/aromatic N) is 1. The van der Waals surface area contributed by atoms with Gasteiger partial charge in [0.2, 0.25) is 0 Å². The van der Waals surface area contributed by atoms with E-state index in [4.69, 9.17) is 0 Å². The van der Waals surface area contributed by atoms with Crippen LogP contribution < -0.4 is 5.32 Å². The number of aromatic nitrogens is 1. The molecule has 1 aromatic carbocycles. The quantitative estimate of drug-likeness (QED) is 0.857. The van der Waals surface area contributed by atoms with Crippen LogP contribution >= 0.6 is 0 Å². The lowest BCUT2D eigenvalue weighted by atomic mass is 10.1. The van der Waals surface area contributed by atoms with Crippen LogP contribution in [0.1, 0.15) is 25.3 Å². The zero-order valence-electron chi connectivity index (χ0n) is 10.0. The van der Waals surface area contributed by atoms with E-state index in [1.807, 2.05) is 6.07 Å². The summed E-state index contributed by atoms with van der Waals surface area (Å²) in [6.45, 7) is 3.74. The summed E-state index contributed by atoms with van der Waals surface area (Å²) in [7, 11) is 0. The Hall–Kier alpha value is -1.35. The highest BCUT2D eigenvalue weighted by atomic mass is 19.1. The Bertz CT molecular complexity index is 540. The van der Waals surface area contributed by atoms with Crippen LogP contribution in [-0.4, -0.2) is 10.6 Å². The van der Waals surface area contributed by atoms with Gasteiger partial charge in [0.25, 0.3) is 0 Å². The minimum Gasteiger partial charge on any atom is -0.347 e. The van der Waals surface area contributed by atoms with E-state index in [0.717, 1.165) is 29.6 Å². The summed E-state index contributed by atoms with van der Waals surface area (Å²) in [5, 5.41) is 4.23. The minimum absolute atomic E-state index is 0.109. The number of hydrogen-bond donors (Lipinski definition) is 1. The zero-order chi connectivity index (χ0) is 11.8. The molecule has 3 rings (SSSR count). The number of aryl methyl sites for hydroxylation is 1. The van der Waals surface area contributed by atoms with Gasteiger partial charge in [0, 0.05) is 30.7 Å². The van der Waals surface area contributed by atoms with Gasteiger partial charge in [-0.1, -0.05) is 6.07 Å². The molecule has 0 bridgehead atoms. The summed E-state index contributed by atoms with van der Waals surface area (Å²) in [6, 6.07) is 5.97. The molecular formula is C14H17FN2. The second-order valence-electron chi connectivity index (χ2n) is 4.73. The Balaban J connectivity index is 2.02. The van der Waals surface area contributed by atoms with Gasteiger partial charge in [0.05, 0.1) is 5.52 Å². The number of rotatable bonds is 4. The molecule has 0 saturated heterocycles. The van der Waals surface area contributed by atoms with Gasteiger partial charge in [-0.25, -0.2) is 4.39 Å². The average Bonchev–Trinajstić information content (AvgIpc) is 3.08. The monoisotopic (exact) mass is 232 g/mol. The summed E-state index contributed by atoms with van der Waals surface area (Å²) in [5.74, 6) is -0.109. The highest BCUT2D eigenvalue weighted by molar-refractivity contribution is 5.84. The van der Waals surface area contributed by atoms with E-state index in [9.17, 15) is 4.39 Å². The lowest BCUT2D eigenvalue weighted by Gasteiger charge is -2.01. The van der Waals surface area contributed by atoms with Gasteiger partial charge >= 0.3 is 0 Å². The molecule has 0 radical (unpaired) electrons. The molecule has 1 fully saturated rings. The predicted octanol–water partition coefficient (Wildman–Crippen LogP) is 3.05. The summed E-state index contributed by atoms with van der Waals surface area (Å²) in [6.07, 6.45) is 4.59. The SMILES string of the molecule is CCn1cc(CNC2CC2)c2c(F)cccc21. The number of fused-ring (bicyclic) bond motifs is 1. The summed E-state index contributed by atoms with van der Waals surface area (Å²) in [5.41, 5.74) is 2.08. The van der Waals surface area contributed by atoms with Crippen molar-refractivity contribution in [1.29, 1.82) is 0 Å². The van der Waals surface area contributed by atoms with Crippen LogP contribution in [0.25, 0.3) is 10.9 Å². The number of benzene rings is 1. The topological polar surface area (TPSA) is 17.0 Å². The van der Waals surface area contributed by atoms with Crippen molar-refractivity contribution in [3.05, 3.63) is 35.8 Å². The van der Waals surface area contributed by atoms with E-state index in [1.165, 1.54) is 12.8 Å². The number of hydrogen-bond acceptors (Lipinski definition) is 1. The second-order valence-corrected chi connectivity index (χ2v) is 4.73. The highest BCUT2D eigenvalue weighted by Gasteiger charge is 2.21. The first-order valence-corrected chi connectivity index (χ1v) is 6.29. The molecule has 0 amide bonds. The standard InChI is InChI=1S/C14H17FN2/c1-2-17-9-10(8-16-11-6-7-11)14-12(15)4-3-5-13(14)17/h3-5,9,11,16H,2,6-8H2,1H3. The van der Waals surface area contributed by atoms with Gasteiger partial charge in [-0.3, -0.25) is 0 Å². The van der Waals surface area contributed by atoms with Crippen molar-refractivity contribution in [2.45, 2.75) is 38.9 Å². The van der Waals surface area contributed by atoms with Gasteiger partial charge in [0.1, 0.15) is 5.82 Å². The molecule has 1 N–H and O–H groups in total. The molecule has 90 valence electrons. The van der Waals surface area contributed by atoms with Gasteiger partial charge < -0.3 is 9.88 Å². The number of nitrogens with one attached hydrogen (secondary N) is 1. The third kappa shape index (κ3) is 1.95. The Morgan fingerprint density at radius 1 is 1.41 bits per heavy atom. The van der Waals surface area contributed by atoms with E-state index in [0.29, 0.717) is 6.04 Å². The zero-order valence-corrected chi connectivity index (χ0v) is 10.0. The lowest BCUT2D eigenvalue weighted by molar-refractivity contribution is 0.635. The molecule has 1 aromatic heterocycles. The molecule has 1 aliphatic rings. The van der Waals surface area contributed by atoms with Gasteiger partial charge in [-0.05, 0) is 37.5 Å². The van der Waals surface area contributed by atoms with Crippen molar-refractivity contribution in [2.24, 2.45) is 0 Å². The third-order valence-electron chi connectivity index (χ3n) is 3.43. The van der Waals surface area contributed by atoms with Crippen molar-refractivity contribution in [3.8, 4) is 0 Å². The van der Waals surface area contributed by atoms with Gasteiger partial charge in [-0.15, -0.1) is 0 Å². The third-order valence-corrected chi connectivity index (χ3v) is 3.43. The molecule has 3 heteroatoms. The molecule has 1 saturated carbocycles. The molecule has 0 unspecified atom stereocenters. The second kappa shape index (κ2) is 4.15. The van der Waals surface area contributed by atoms with Crippen molar-refractivity contribution in [1.82, 2.24) is 9.88 Å². The van der Waals surface area contributed by atoms with E-state index in [1.54, 1.807) is 12.1 Å². The Labute approximate surface area is 100 Å². The molecule has 0 atom stereocenters. The van der Waals surface area contributed by atoms with Crippen LogP contribution in [0.15, 0.2) is 24.4 Å². The molecule has 0 spiro atoms. The first-order valence-electron chi connectivity index (χ1n) is 6.29. The maximum absolute atomic E-state index is 13.9. The van der Waals surface area contributed by atoms with Gasteiger partial charge in [-0.2, -0.15) is 0 Å². The molecule has 1 aliphatic carbocycles. The summed E-state index contributed by atoms with van der Waals surface area (Å²) in [4.78, 5) is 0. The molecular weight excluding hydrogens is 215 g/mol. The van der Waals surface area contributed by atoms with Crippen molar-refractivity contribution >= 4 is 10.9 Å². The van der Waals surface area contributed by atoms with E-state index in [2.05, 4.69) is 23.0 Å². The lowest BCUT2D eigenvalue weighted by Crippen LogP contribution is -2.15. The van der Waals surface area contributed by atoms with E-state index >= 15 is 0 Å². The van der Waals surface area contributed by atoms with Gasteiger partial charge in [0.15, 0.2) is 0 Å². The Morgan fingerprint density at radius 3 is 2.94 bits per heavy atom. The fraction of sp³-hybridized carbons (Fsp3) is 0.429. The molecule has 2 nitrogen and oxygen atoms in total. The van der Waals surface area contributed by atoms with Crippen LogP contribution in [0.5, 0.6) is 0 Å². The van der Waals surface area contributed by atoms with Crippen LogP contribution in [0.2, 0.25) is 0 Å². The number of halogens is 1. The van der Waals surface area contributed by atoms with E-state index < -0.39 is 0 Å². The highest BCUT2D eigenvalue weighted by Crippen LogP contribution is 2.26. The normalized spacial score (nSPS) is 15.6. The van der Waals surface area contributed by atoms with Crippen molar-refractivity contribution in [2.75, 3.05) is 0 Å². The summed E-state index contributed by atoms with van der Waals surface area (Å²) < 4.78 is 16.0. The average molecular weight is 232 g/mol. The maximum atomic E-state index is 13.9. The smallest absolute Gasteiger partial charge is 0.132 e. The first kappa shape index (κ1) is 10.8. The molecule has 2 aromatic rings. The first-order chi connectivity index (χ1) is 8.29.